The standard InChI is InChI=1S/C36H38O24/c1-15(7-23(37)38)31(49)55-13-21(57-33(51)17(3)9-25(41)42)29(59-35(53)19(5)11-27(45)46)30(60-36(54)20(6)12-28(47)48)22(58-34(52)18(4)10-26(43)44)14-56-32(50)16(2)8-24(39)40/h21-22,29-30H,1-14H2,(H,37,38)(H,39,40)(H,41,42)(H,43,44)(H,45,46)(H,47,48)/t21-,22+,29-,30-/m1/s1. The molecule has 0 aromatic rings. The molecule has 0 aliphatic rings. The fourth-order valence-electron chi connectivity index (χ4n) is 4.00. The highest BCUT2D eigenvalue weighted by Crippen LogP contribution is 2.25. The van der Waals surface area contributed by atoms with Gasteiger partial charge in [0.05, 0.1) is 38.5 Å². The van der Waals surface area contributed by atoms with Crippen LogP contribution in [0.3, 0.4) is 0 Å². The van der Waals surface area contributed by atoms with Gasteiger partial charge in [0.15, 0.2) is 24.4 Å². The molecule has 0 unspecified atom stereocenters. The molecule has 0 aromatic carbocycles. The van der Waals surface area contributed by atoms with Gasteiger partial charge >= 0.3 is 71.6 Å². The molecule has 0 bridgehead atoms. The van der Waals surface area contributed by atoms with Crippen LogP contribution in [0.15, 0.2) is 72.9 Å². The number of hydrogen-bond acceptors (Lipinski definition) is 18. The molecule has 60 heavy (non-hydrogen) atoms. The zero-order valence-electron chi connectivity index (χ0n) is 31.2. The summed E-state index contributed by atoms with van der Waals surface area (Å²) in [4.78, 5) is 146. The van der Waals surface area contributed by atoms with Gasteiger partial charge in [-0.25, -0.2) is 28.8 Å². The zero-order chi connectivity index (χ0) is 46.6. The molecular weight excluding hydrogens is 816 g/mol. The van der Waals surface area contributed by atoms with E-state index in [1.807, 2.05) is 0 Å². The molecule has 0 heterocycles. The summed E-state index contributed by atoms with van der Waals surface area (Å²) in [6.07, 6.45) is -17.2. The van der Waals surface area contributed by atoms with E-state index in [0.29, 0.717) is 0 Å². The fraction of sp³-hybridized carbons (Fsp3) is 0.333. The summed E-state index contributed by atoms with van der Waals surface area (Å²) in [7, 11) is 0. The van der Waals surface area contributed by atoms with Gasteiger partial charge in [-0.3, -0.25) is 28.8 Å². The first-order valence-electron chi connectivity index (χ1n) is 16.2. The third-order valence-electron chi connectivity index (χ3n) is 6.74. The predicted molar refractivity (Wildman–Crippen MR) is 190 cm³/mol. The van der Waals surface area contributed by atoms with E-state index in [2.05, 4.69) is 39.5 Å². The van der Waals surface area contributed by atoms with Gasteiger partial charge in [-0.15, -0.1) is 0 Å². The Bertz CT molecular complexity index is 1750. The van der Waals surface area contributed by atoms with E-state index in [0.717, 1.165) is 0 Å². The maximum Gasteiger partial charge on any atom is 0.334 e. The van der Waals surface area contributed by atoms with Crippen LogP contribution in [0.5, 0.6) is 0 Å². The average Bonchev–Trinajstić information content (AvgIpc) is 3.10. The summed E-state index contributed by atoms with van der Waals surface area (Å²) in [5.41, 5.74) is -5.15. The van der Waals surface area contributed by atoms with E-state index < -0.39 is 181 Å². The van der Waals surface area contributed by atoms with Crippen LogP contribution >= 0.6 is 0 Å². The molecule has 0 aliphatic carbocycles. The number of rotatable bonds is 29. The van der Waals surface area contributed by atoms with Crippen LogP contribution in [0, 0.1) is 0 Å². The van der Waals surface area contributed by atoms with Crippen LogP contribution in [-0.4, -0.2) is 140 Å². The number of ether oxygens (including phenoxy) is 6. The highest BCUT2D eigenvalue weighted by atomic mass is 16.6. The molecule has 24 nitrogen and oxygen atoms in total. The summed E-state index contributed by atoms with van der Waals surface area (Å²) in [6.45, 7) is 16.4. The summed E-state index contributed by atoms with van der Waals surface area (Å²) in [5, 5.41) is 55.0. The van der Waals surface area contributed by atoms with Gasteiger partial charge in [-0.2, -0.15) is 0 Å². The molecule has 0 rings (SSSR count). The van der Waals surface area contributed by atoms with Gasteiger partial charge in [-0.1, -0.05) is 39.5 Å². The number of esters is 6. The molecule has 24 heteroatoms. The summed E-state index contributed by atoms with van der Waals surface area (Å²) in [5.74, 6) is -20.0. The molecule has 0 radical (unpaired) electrons. The molecule has 326 valence electrons. The minimum absolute atomic E-state index is 0.767. The molecule has 0 saturated carbocycles. The predicted octanol–water partition coefficient (Wildman–Crippen LogP) is -0.0946. The smallest absolute Gasteiger partial charge is 0.334 e. The van der Waals surface area contributed by atoms with E-state index in [4.69, 9.17) is 38.6 Å². The molecule has 4 atom stereocenters. The highest BCUT2D eigenvalue weighted by Gasteiger charge is 2.47. The third kappa shape index (κ3) is 19.8. The van der Waals surface area contributed by atoms with Crippen LogP contribution in [0.1, 0.15) is 38.5 Å². The first kappa shape index (κ1) is 52.1. The highest BCUT2D eigenvalue weighted by molar-refractivity contribution is 5.96. The van der Waals surface area contributed by atoms with Crippen LogP contribution in [0.25, 0.3) is 0 Å². The van der Waals surface area contributed by atoms with E-state index in [1.54, 1.807) is 0 Å². The first-order valence-corrected chi connectivity index (χ1v) is 16.2. The number of carboxylic acids is 6. The topological polar surface area (TPSA) is 382 Å². The number of carboxylic acid groups (broad SMARTS) is 6. The Morgan fingerprint density at radius 3 is 0.700 bits per heavy atom. The summed E-state index contributed by atoms with van der Waals surface area (Å²) in [6, 6.07) is 0. The van der Waals surface area contributed by atoms with Crippen molar-refractivity contribution in [1.29, 1.82) is 0 Å². The maximum absolute atomic E-state index is 13.3. The minimum atomic E-state index is -2.71. The zero-order valence-corrected chi connectivity index (χ0v) is 31.2. The van der Waals surface area contributed by atoms with Gasteiger partial charge in [0.25, 0.3) is 0 Å². The molecule has 0 amide bonds. The van der Waals surface area contributed by atoms with Crippen molar-refractivity contribution >= 4 is 71.6 Å². The maximum atomic E-state index is 13.3. The van der Waals surface area contributed by atoms with Gasteiger partial charge in [0.1, 0.15) is 13.2 Å². The third-order valence-corrected chi connectivity index (χ3v) is 6.74. The van der Waals surface area contributed by atoms with Crippen LogP contribution < -0.4 is 0 Å². The summed E-state index contributed by atoms with van der Waals surface area (Å²) >= 11 is 0. The van der Waals surface area contributed by atoms with E-state index in [9.17, 15) is 78.0 Å². The van der Waals surface area contributed by atoms with Crippen molar-refractivity contribution in [3.63, 3.8) is 0 Å². The Hall–Kier alpha value is -7.92. The van der Waals surface area contributed by atoms with Gasteiger partial charge in [-0.05, 0) is 0 Å². The van der Waals surface area contributed by atoms with Crippen LogP contribution in [-0.2, 0) is 86.0 Å². The Balaban J connectivity index is 8.14. The Kier molecular flexibility index (Phi) is 21.4. The Labute approximate surface area is 337 Å². The van der Waals surface area contributed by atoms with Crippen molar-refractivity contribution in [2.24, 2.45) is 0 Å². The average molecular weight is 855 g/mol. The van der Waals surface area contributed by atoms with E-state index in [1.165, 1.54) is 0 Å². The van der Waals surface area contributed by atoms with Crippen molar-refractivity contribution in [2.45, 2.75) is 62.9 Å². The summed E-state index contributed by atoms with van der Waals surface area (Å²) < 4.78 is 31.0. The number of carbonyl (C=O) groups is 12. The number of hydrogen-bond donors (Lipinski definition) is 6. The quantitative estimate of drug-likeness (QED) is 0.0325. The molecule has 0 saturated heterocycles. The fourth-order valence-corrected chi connectivity index (χ4v) is 4.00. The van der Waals surface area contributed by atoms with Crippen LogP contribution in [0.4, 0.5) is 0 Å². The van der Waals surface area contributed by atoms with Crippen LogP contribution in [0.2, 0.25) is 0 Å². The SMILES string of the molecule is C=C(CC(=O)O)C(=O)OC[C@H](OC(=O)C(=C)CC(=O)O)[C@@H](OC(=O)C(=C)CC(=O)O)[C@H](OC(=O)C(=C)CC(=O)O)[C@@H](COC(=O)C(=C)CC(=O)O)OC(=O)C(=C)CC(=O)O. The molecular formula is C36H38O24. The van der Waals surface area contributed by atoms with Gasteiger partial charge in [0.2, 0.25) is 0 Å². The molecule has 6 N–H and O–H groups in total. The Morgan fingerprint density at radius 1 is 0.317 bits per heavy atom. The van der Waals surface area contributed by atoms with E-state index in [-0.39, 0.29) is 0 Å². The van der Waals surface area contributed by atoms with Crippen molar-refractivity contribution in [2.75, 3.05) is 13.2 Å². The molecule has 0 spiro atoms. The van der Waals surface area contributed by atoms with E-state index >= 15 is 0 Å². The van der Waals surface area contributed by atoms with Crippen molar-refractivity contribution in [3.8, 4) is 0 Å². The number of aliphatic carboxylic acids is 6. The minimum Gasteiger partial charge on any atom is -0.481 e. The second-order valence-corrected chi connectivity index (χ2v) is 11.9. The van der Waals surface area contributed by atoms with Crippen molar-refractivity contribution < 1.29 is 117 Å². The number of carbonyl (C=O) groups excluding carboxylic acids is 6. The molecule has 0 aromatic heterocycles. The first-order chi connectivity index (χ1) is 27.7. The lowest BCUT2D eigenvalue weighted by Gasteiger charge is -2.36. The van der Waals surface area contributed by atoms with Gasteiger partial charge in [0, 0.05) is 33.4 Å². The Morgan fingerprint density at radius 2 is 0.500 bits per heavy atom. The lowest BCUT2D eigenvalue weighted by Crippen LogP contribution is -2.55. The van der Waals surface area contributed by atoms with Gasteiger partial charge < -0.3 is 59.1 Å². The van der Waals surface area contributed by atoms with Crippen molar-refractivity contribution in [3.05, 3.63) is 72.9 Å². The largest absolute Gasteiger partial charge is 0.481 e. The molecule has 0 fully saturated rings. The monoisotopic (exact) mass is 854 g/mol. The lowest BCUT2D eigenvalue weighted by atomic mass is 10.0. The lowest BCUT2D eigenvalue weighted by molar-refractivity contribution is -0.204. The van der Waals surface area contributed by atoms with Crippen molar-refractivity contribution in [1.82, 2.24) is 0 Å². The molecule has 0 aliphatic heterocycles. The second kappa shape index (κ2) is 24.7. The normalized spacial score (nSPS) is 12.2. The second-order valence-electron chi connectivity index (χ2n) is 11.9.